The molecule has 0 saturated heterocycles. The van der Waals surface area contributed by atoms with Crippen LogP contribution in [0.3, 0.4) is 0 Å². The molecule has 0 heterocycles. The van der Waals surface area contributed by atoms with Gasteiger partial charge >= 0.3 is 12.1 Å². The summed E-state index contributed by atoms with van der Waals surface area (Å²) in [6.07, 6.45) is -4.69. The summed E-state index contributed by atoms with van der Waals surface area (Å²) in [5.74, 6) is -2.56. The van der Waals surface area contributed by atoms with Crippen LogP contribution in [0.2, 0.25) is 10.0 Å². The number of carbonyl (C=O) groups is 2. The average molecular weight is 410 g/mol. The molecule has 26 heavy (non-hydrogen) atoms. The van der Waals surface area contributed by atoms with Gasteiger partial charge in [0.25, 0.3) is 5.91 Å². The van der Waals surface area contributed by atoms with E-state index in [0.29, 0.717) is 6.07 Å². The highest BCUT2D eigenvalue weighted by molar-refractivity contribution is 6.31. The molecule has 0 aliphatic heterocycles. The third-order valence-corrected chi connectivity index (χ3v) is 3.66. The summed E-state index contributed by atoms with van der Waals surface area (Å²) in [6, 6.07) is 5.87. The molecular weight excluding hydrogens is 401 g/mol. The molecule has 0 aliphatic rings. The zero-order chi connectivity index (χ0) is 19.5. The number of ether oxygens (including phenoxy) is 1. The highest BCUT2D eigenvalue weighted by Crippen LogP contribution is 2.36. The second kappa shape index (κ2) is 7.92. The Morgan fingerprint density at radius 2 is 1.73 bits per heavy atom. The molecule has 2 aromatic carbocycles. The lowest BCUT2D eigenvalue weighted by molar-refractivity contribution is -0.137. The molecule has 0 spiro atoms. The zero-order valence-electron chi connectivity index (χ0n) is 12.7. The Hall–Kier alpha value is -2.32. The SMILES string of the molecule is O=C(COC(=O)c1ccc(F)c(Cl)c1)Nc1ccc(Cl)c(C(F)(F)F)c1. The Morgan fingerprint density at radius 1 is 1.04 bits per heavy atom. The van der Waals surface area contributed by atoms with E-state index < -0.39 is 41.1 Å². The fraction of sp³-hybridized carbons (Fsp3) is 0.125. The van der Waals surface area contributed by atoms with Crippen molar-refractivity contribution in [2.75, 3.05) is 11.9 Å². The Balaban J connectivity index is 1.99. The number of benzene rings is 2. The molecule has 2 aromatic rings. The first kappa shape index (κ1) is 20.0. The minimum Gasteiger partial charge on any atom is -0.452 e. The van der Waals surface area contributed by atoms with Crippen LogP contribution < -0.4 is 5.32 Å². The van der Waals surface area contributed by atoms with Crippen LogP contribution in [0.5, 0.6) is 0 Å². The lowest BCUT2D eigenvalue weighted by atomic mass is 10.2. The van der Waals surface area contributed by atoms with Gasteiger partial charge in [-0.05, 0) is 36.4 Å². The predicted octanol–water partition coefficient (Wildman–Crippen LogP) is 4.95. The lowest BCUT2D eigenvalue weighted by Crippen LogP contribution is -2.21. The second-order valence-electron chi connectivity index (χ2n) is 4.95. The van der Waals surface area contributed by atoms with Crippen molar-refractivity contribution in [1.82, 2.24) is 0 Å². The van der Waals surface area contributed by atoms with Gasteiger partial charge in [0.05, 0.1) is 21.2 Å². The van der Waals surface area contributed by atoms with Crippen LogP contribution in [0.25, 0.3) is 0 Å². The summed E-state index contributed by atoms with van der Waals surface area (Å²) in [5.41, 5.74) is -1.38. The Labute approximate surface area is 154 Å². The molecule has 0 atom stereocenters. The molecule has 0 aliphatic carbocycles. The van der Waals surface area contributed by atoms with Crippen molar-refractivity contribution in [2.24, 2.45) is 0 Å². The highest BCUT2D eigenvalue weighted by Gasteiger charge is 2.33. The largest absolute Gasteiger partial charge is 0.452 e. The smallest absolute Gasteiger partial charge is 0.417 e. The standard InChI is InChI=1S/C16H9Cl2F4NO3/c17-11-3-2-9(6-10(11)16(20,21)22)23-14(24)7-26-15(25)8-1-4-13(19)12(18)5-8/h1-6H,7H2,(H,23,24). The third kappa shape index (κ3) is 5.09. The molecule has 10 heteroatoms. The molecular formula is C16H9Cl2F4NO3. The first-order valence-corrected chi connectivity index (χ1v) is 7.62. The van der Waals surface area contributed by atoms with Gasteiger partial charge in [0.2, 0.25) is 0 Å². The van der Waals surface area contributed by atoms with E-state index in [1.807, 2.05) is 0 Å². The molecule has 0 unspecified atom stereocenters. The van der Waals surface area contributed by atoms with Crippen LogP contribution in [-0.4, -0.2) is 18.5 Å². The maximum absolute atomic E-state index is 13.0. The molecule has 0 aromatic heterocycles. The third-order valence-electron chi connectivity index (χ3n) is 3.05. The number of alkyl halides is 3. The van der Waals surface area contributed by atoms with Crippen LogP contribution in [0.4, 0.5) is 23.2 Å². The number of carbonyl (C=O) groups excluding carboxylic acids is 2. The number of hydrogen-bond acceptors (Lipinski definition) is 3. The maximum Gasteiger partial charge on any atom is 0.417 e. The van der Waals surface area contributed by atoms with E-state index in [-0.39, 0.29) is 16.3 Å². The van der Waals surface area contributed by atoms with Crippen LogP contribution in [0.15, 0.2) is 36.4 Å². The number of rotatable bonds is 4. The fourth-order valence-corrected chi connectivity index (χ4v) is 2.26. The van der Waals surface area contributed by atoms with Gasteiger partial charge in [0, 0.05) is 5.69 Å². The number of anilines is 1. The van der Waals surface area contributed by atoms with E-state index in [9.17, 15) is 27.2 Å². The van der Waals surface area contributed by atoms with Crippen LogP contribution >= 0.6 is 23.2 Å². The summed E-state index contributed by atoms with van der Waals surface area (Å²) in [6.45, 7) is -0.766. The minimum absolute atomic E-state index is 0.0879. The van der Waals surface area contributed by atoms with Gasteiger partial charge in [-0.1, -0.05) is 23.2 Å². The first-order valence-electron chi connectivity index (χ1n) is 6.86. The zero-order valence-corrected chi connectivity index (χ0v) is 14.2. The van der Waals surface area contributed by atoms with E-state index in [1.165, 1.54) is 0 Å². The lowest BCUT2D eigenvalue weighted by Gasteiger charge is -2.12. The van der Waals surface area contributed by atoms with Crippen molar-refractivity contribution in [3.8, 4) is 0 Å². The van der Waals surface area contributed by atoms with Gasteiger partial charge in [-0.15, -0.1) is 0 Å². The molecule has 0 bridgehead atoms. The molecule has 1 N–H and O–H groups in total. The summed E-state index contributed by atoms with van der Waals surface area (Å²) >= 11 is 11.0. The summed E-state index contributed by atoms with van der Waals surface area (Å²) in [7, 11) is 0. The molecule has 4 nitrogen and oxygen atoms in total. The van der Waals surface area contributed by atoms with Crippen molar-refractivity contribution >= 4 is 40.8 Å². The summed E-state index contributed by atoms with van der Waals surface area (Å²) in [4.78, 5) is 23.5. The monoisotopic (exact) mass is 409 g/mol. The molecule has 0 fully saturated rings. The van der Waals surface area contributed by atoms with Crippen molar-refractivity contribution in [1.29, 1.82) is 0 Å². The van der Waals surface area contributed by atoms with E-state index in [1.54, 1.807) is 0 Å². The van der Waals surface area contributed by atoms with Gasteiger partial charge in [-0.25, -0.2) is 9.18 Å². The molecule has 2 rings (SSSR count). The number of nitrogens with one attached hydrogen (secondary N) is 1. The summed E-state index contributed by atoms with van der Waals surface area (Å²) in [5, 5.41) is 1.33. The highest BCUT2D eigenvalue weighted by atomic mass is 35.5. The second-order valence-corrected chi connectivity index (χ2v) is 5.76. The Bertz CT molecular complexity index is 856. The Morgan fingerprint density at radius 3 is 2.35 bits per heavy atom. The molecule has 0 saturated carbocycles. The van der Waals surface area contributed by atoms with Gasteiger partial charge in [0.15, 0.2) is 6.61 Å². The summed E-state index contributed by atoms with van der Waals surface area (Å²) < 4.78 is 56.0. The van der Waals surface area contributed by atoms with E-state index in [2.05, 4.69) is 5.32 Å². The predicted molar refractivity (Wildman–Crippen MR) is 86.8 cm³/mol. The molecule has 138 valence electrons. The Kier molecular flexibility index (Phi) is 6.09. The van der Waals surface area contributed by atoms with Crippen molar-refractivity contribution in [2.45, 2.75) is 6.18 Å². The van der Waals surface area contributed by atoms with Crippen molar-refractivity contribution < 1.29 is 31.9 Å². The average Bonchev–Trinajstić information content (AvgIpc) is 2.56. The van der Waals surface area contributed by atoms with Crippen molar-refractivity contribution in [3.05, 3.63) is 63.4 Å². The first-order chi connectivity index (χ1) is 12.1. The van der Waals surface area contributed by atoms with E-state index in [0.717, 1.165) is 30.3 Å². The van der Waals surface area contributed by atoms with Crippen molar-refractivity contribution in [3.63, 3.8) is 0 Å². The molecule has 1 amide bonds. The van der Waals surface area contributed by atoms with Crippen LogP contribution in [0, 0.1) is 5.82 Å². The normalized spacial score (nSPS) is 11.2. The van der Waals surface area contributed by atoms with Gasteiger partial charge in [-0.3, -0.25) is 4.79 Å². The van der Waals surface area contributed by atoms with Crippen LogP contribution in [-0.2, 0) is 15.7 Å². The van der Waals surface area contributed by atoms with Gasteiger partial charge in [0.1, 0.15) is 5.82 Å². The molecule has 0 radical (unpaired) electrons. The topological polar surface area (TPSA) is 55.4 Å². The van der Waals surface area contributed by atoms with E-state index >= 15 is 0 Å². The van der Waals surface area contributed by atoms with Crippen LogP contribution in [0.1, 0.15) is 15.9 Å². The fourth-order valence-electron chi connectivity index (χ4n) is 1.85. The number of hydrogen-bond donors (Lipinski definition) is 1. The number of halogens is 6. The minimum atomic E-state index is -4.69. The maximum atomic E-state index is 13.0. The number of amides is 1. The van der Waals surface area contributed by atoms with E-state index in [4.69, 9.17) is 27.9 Å². The number of esters is 1. The van der Waals surface area contributed by atoms with Gasteiger partial charge < -0.3 is 10.1 Å². The van der Waals surface area contributed by atoms with Gasteiger partial charge in [-0.2, -0.15) is 13.2 Å². The quantitative estimate of drug-likeness (QED) is 0.574.